The summed E-state index contributed by atoms with van der Waals surface area (Å²) in [4.78, 5) is 13.5. The third-order valence-corrected chi connectivity index (χ3v) is 3.86. The van der Waals surface area contributed by atoms with Gasteiger partial charge in [0.2, 0.25) is 0 Å². The minimum atomic E-state index is -0.257. The Kier molecular flexibility index (Phi) is 3.95. The average Bonchev–Trinajstić information content (AvgIpc) is 3.23. The van der Waals surface area contributed by atoms with Crippen molar-refractivity contribution in [3.8, 4) is 6.07 Å². The summed E-state index contributed by atoms with van der Waals surface area (Å²) in [5.41, 5.74) is 1.60. The SMILES string of the molecule is N#Cc1cccc(C(=O)n2ccc(C=Cc3cccs3)n2)c1. The van der Waals surface area contributed by atoms with E-state index in [0.29, 0.717) is 16.8 Å². The molecule has 22 heavy (non-hydrogen) atoms. The van der Waals surface area contributed by atoms with Gasteiger partial charge in [-0.3, -0.25) is 4.79 Å². The molecule has 0 aliphatic rings. The Morgan fingerprint density at radius 3 is 2.91 bits per heavy atom. The summed E-state index contributed by atoms with van der Waals surface area (Å²) in [6.45, 7) is 0. The van der Waals surface area contributed by atoms with Crippen LogP contribution in [0.25, 0.3) is 12.2 Å². The molecule has 1 aromatic carbocycles. The molecule has 0 radical (unpaired) electrons. The molecular formula is C17H11N3OS. The molecule has 3 rings (SSSR count). The highest BCUT2D eigenvalue weighted by molar-refractivity contribution is 7.10. The van der Waals surface area contributed by atoms with Crippen molar-refractivity contribution in [3.05, 3.63) is 75.7 Å². The summed E-state index contributed by atoms with van der Waals surface area (Å²) >= 11 is 1.64. The van der Waals surface area contributed by atoms with Crippen LogP contribution < -0.4 is 0 Å². The van der Waals surface area contributed by atoms with Crippen molar-refractivity contribution in [2.75, 3.05) is 0 Å². The highest BCUT2D eigenvalue weighted by Gasteiger charge is 2.10. The zero-order chi connectivity index (χ0) is 15.4. The number of hydrogen-bond donors (Lipinski definition) is 0. The van der Waals surface area contributed by atoms with Crippen molar-refractivity contribution in [1.82, 2.24) is 9.78 Å². The summed E-state index contributed by atoms with van der Waals surface area (Å²) in [5, 5.41) is 15.1. The second-order valence-corrected chi connectivity index (χ2v) is 5.51. The molecule has 106 valence electrons. The van der Waals surface area contributed by atoms with Gasteiger partial charge in [0, 0.05) is 16.6 Å². The van der Waals surface area contributed by atoms with Crippen LogP contribution in [0.1, 0.15) is 26.5 Å². The van der Waals surface area contributed by atoms with Crippen LogP contribution in [0.4, 0.5) is 0 Å². The van der Waals surface area contributed by atoms with E-state index in [-0.39, 0.29) is 5.91 Å². The van der Waals surface area contributed by atoms with Crippen LogP contribution in [0.5, 0.6) is 0 Å². The van der Waals surface area contributed by atoms with E-state index in [4.69, 9.17) is 5.26 Å². The van der Waals surface area contributed by atoms with Gasteiger partial charge in [-0.25, -0.2) is 4.68 Å². The Balaban J connectivity index is 1.81. The van der Waals surface area contributed by atoms with E-state index in [2.05, 4.69) is 5.10 Å². The molecule has 0 spiro atoms. The molecule has 0 aliphatic heterocycles. The maximum atomic E-state index is 12.3. The lowest BCUT2D eigenvalue weighted by Gasteiger charge is -2.00. The zero-order valence-electron chi connectivity index (χ0n) is 11.5. The second kappa shape index (κ2) is 6.20. The van der Waals surface area contributed by atoms with Crippen LogP contribution in [0.3, 0.4) is 0 Å². The Hall–Kier alpha value is -2.97. The predicted molar refractivity (Wildman–Crippen MR) is 86.4 cm³/mol. The normalized spacial score (nSPS) is 10.7. The first-order chi connectivity index (χ1) is 10.8. The minimum absolute atomic E-state index is 0.257. The number of nitriles is 1. The molecule has 4 nitrogen and oxygen atoms in total. The summed E-state index contributed by atoms with van der Waals surface area (Å²) in [5.74, 6) is -0.257. The van der Waals surface area contributed by atoms with Crippen molar-refractivity contribution in [2.45, 2.75) is 0 Å². The van der Waals surface area contributed by atoms with Crippen LogP contribution >= 0.6 is 11.3 Å². The van der Waals surface area contributed by atoms with Gasteiger partial charge >= 0.3 is 0 Å². The Morgan fingerprint density at radius 2 is 2.14 bits per heavy atom. The molecule has 0 bridgehead atoms. The fraction of sp³-hybridized carbons (Fsp3) is 0. The number of aromatic nitrogens is 2. The lowest BCUT2D eigenvalue weighted by Crippen LogP contribution is -2.12. The van der Waals surface area contributed by atoms with E-state index in [1.165, 1.54) is 4.68 Å². The number of benzene rings is 1. The lowest BCUT2D eigenvalue weighted by atomic mass is 10.1. The maximum absolute atomic E-state index is 12.3. The predicted octanol–water partition coefficient (Wildman–Crippen LogP) is 3.68. The number of nitrogens with zero attached hydrogens (tertiary/aromatic N) is 3. The first kappa shape index (κ1) is 14.0. The van der Waals surface area contributed by atoms with Gasteiger partial charge in [0.1, 0.15) is 0 Å². The quantitative estimate of drug-likeness (QED) is 0.741. The molecular weight excluding hydrogens is 294 g/mol. The molecule has 0 N–H and O–H groups in total. The molecule has 0 atom stereocenters. The first-order valence-corrected chi connectivity index (χ1v) is 7.46. The fourth-order valence-corrected chi connectivity index (χ4v) is 2.57. The summed E-state index contributed by atoms with van der Waals surface area (Å²) in [6, 6.07) is 14.4. The second-order valence-electron chi connectivity index (χ2n) is 4.53. The van der Waals surface area contributed by atoms with Crippen molar-refractivity contribution in [3.63, 3.8) is 0 Å². The van der Waals surface area contributed by atoms with Gasteiger partial charge in [-0.1, -0.05) is 12.1 Å². The topological polar surface area (TPSA) is 58.7 Å². The van der Waals surface area contributed by atoms with Gasteiger partial charge in [-0.15, -0.1) is 11.3 Å². The summed E-state index contributed by atoms with van der Waals surface area (Å²) < 4.78 is 1.28. The molecule has 2 heterocycles. The molecule has 2 aromatic heterocycles. The van der Waals surface area contributed by atoms with Crippen LogP contribution in [0.15, 0.2) is 54.0 Å². The van der Waals surface area contributed by atoms with Gasteiger partial charge in [0.25, 0.3) is 5.91 Å². The molecule has 0 amide bonds. The average molecular weight is 305 g/mol. The third-order valence-electron chi connectivity index (χ3n) is 3.02. The molecule has 0 saturated carbocycles. The van der Waals surface area contributed by atoms with Gasteiger partial charge in [0.05, 0.1) is 17.3 Å². The molecule has 0 saturated heterocycles. The fourth-order valence-electron chi connectivity index (χ4n) is 1.95. The van der Waals surface area contributed by atoms with Crippen LogP contribution in [0.2, 0.25) is 0 Å². The molecule has 0 aliphatic carbocycles. The van der Waals surface area contributed by atoms with Crippen LogP contribution in [-0.2, 0) is 0 Å². The monoisotopic (exact) mass is 305 g/mol. The smallest absolute Gasteiger partial charge is 0.267 e. The third kappa shape index (κ3) is 3.03. The molecule has 0 fully saturated rings. The van der Waals surface area contributed by atoms with Gasteiger partial charge in [-0.05, 0) is 47.9 Å². The number of rotatable bonds is 3. The van der Waals surface area contributed by atoms with Crippen molar-refractivity contribution < 1.29 is 4.79 Å². The van der Waals surface area contributed by atoms with E-state index in [0.717, 1.165) is 4.88 Å². The van der Waals surface area contributed by atoms with Crippen LogP contribution in [0, 0.1) is 11.3 Å². The van der Waals surface area contributed by atoms with E-state index >= 15 is 0 Å². The highest BCUT2D eigenvalue weighted by atomic mass is 32.1. The number of carbonyl (C=O) groups is 1. The minimum Gasteiger partial charge on any atom is -0.267 e. The van der Waals surface area contributed by atoms with Gasteiger partial charge in [0.15, 0.2) is 0 Å². The van der Waals surface area contributed by atoms with Gasteiger partial charge in [-0.2, -0.15) is 10.4 Å². The highest BCUT2D eigenvalue weighted by Crippen LogP contribution is 2.13. The summed E-state index contributed by atoms with van der Waals surface area (Å²) in [7, 11) is 0. The van der Waals surface area contributed by atoms with Gasteiger partial charge < -0.3 is 0 Å². The standard InChI is InChI=1S/C17H11N3OS/c18-12-13-3-1-4-14(11-13)17(21)20-9-8-15(19-20)6-7-16-5-2-10-22-16/h1-11H. The van der Waals surface area contributed by atoms with E-state index in [1.807, 2.05) is 35.7 Å². The Labute approximate surface area is 131 Å². The van der Waals surface area contributed by atoms with Crippen molar-refractivity contribution in [2.24, 2.45) is 0 Å². The zero-order valence-corrected chi connectivity index (χ0v) is 12.3. The molecule has 5 heteroatoms. The van der Waals surface area contributed by atoms with Crippen LogP contribution in [-0.4, -0.2) is 15.7 Å². The van der Waals surface area contributed by atoms with E-state index in [1.54, 1.807) is 47.9 Å². The van der Waals surface area contributed by atoms with Crippen molar-refractivity contribution >= 4 is 29.4 Å². The Bertz CT molecular complexity index is 869. The maximum Gasteiger partial charge on any atom is 0.278 e. The van der Waals surface area contributed by atoms with Crippen molar-refractivity contribution in [1.29, 1.82) is 5.26 Å². The number of carbonyl (C=O) groups excluding carboxylic acids is 1. The first-order valence-electron chi connectivity index (χ1n) is 6.58. The van der Waals surface area contributed by atoms with E-state index in [9.17, 15) is 4.79 Å². The number of thiophene rings is 1. The van der Waals surface area contributed by atoms with E-state index < -0.39 is 0 Å². The number of hydrogen-bond acceptors (Lipinski definition) is 4. The largest absolute Gasteiger partial charge is 0.278 e. The Morgan fingerprint density at radius 1 is 1.23 bits per heavy atom. The molecule has 3 aromatic rings. The lowest BCUT2D eigenvalue weighted by molar-refractivity contribution is 0.0945. The summed E-state index contributed by atoms with van der Waals surface area (Å²) in [6.07, 6.45) is 5.44. The molecule has 0 unspecified atom stereocenters.